The van der Waals surface area contributed by atoms with Crippen molar-refractivity contribution in [1.29, 1.82) is 0 Å². The van der Waals surface area contributed by atoms with Gasteiger partial charge in [-0.3, -0.25) is 4.55 Å². The van der Waals surface area contributed by atoms with Crippen molar-refractivity contribution >= 4 is 22.3 Å². The average Bonchev–Trinajstić information content (AvgIpc) is 2.62. The molecule has 0 bridgehead atoms. The molecule has 10 heteroatoms. The summed E-state index contributed by atoms with van der Waals surface area (Å²) in [5.74, 6) is 0.362. The van der Waals surface area contributed by atoms with E-state index in [0.29, 0.717) is 18.9 Å². The molecule has 1 aromatic heterocycles. The van der Waals surface area contributed by atoms with E-state index in [-0.39, 0.29) is 11.8 Å². The summed E-state index contributed by atoms with van der Waals surface area (Å²) in [5, 5.41) is 3.09. The lowest BCUT2D eigenvalue weighted by Gasteiger charge is -2.08. The minimum atomic E-state index is -4.73. The van der Waals surface area contributed by atoms with Gasteiger partial charge in [0.1, 0.15) is 0 Å². The Balaban J connectivity index is 2.04. The first-order valence-electron chi connectivity index (χ1n) is 8.92. The summed E-state index contributed by atoms with van der Waals surface area (Å²) in [6.07, 6.45) is 4.92. The summed E-state index contributed by atoms with van der Waals surface area (Å²) in [5.41, 5.74) is 7.04. The van der Waals surface area contributed by atoms with Crippen molar-refractivity contribution in [3.8, 4) is 0 Å². The lowest BCUT2D eigenvalue weighted by molar-refractivity contribution is -0.854. The molecular weight excluding hydrogens is 370 g/mol. The molecule has 0 spiro atoms. The number of nitrogens with two attached hydrogens (primary N) is 1. The largest absolute Gasteiger partial charge is 0.474 e. The molecule has 0 atom stereocenters. The molecule has 0 saturated heterocycles. The van der Waals surface area contributed by atoms with Gasteiger partial charge in [-0.1, -0.05) is 60.1 Å². The lowest BCUT2D eigenvalue weighted by Crippen LogP contribution is -2.52. The molecule has 1 heterocycles. The molecule has 0 amide bonds. The fraction of sp³-hybridized carbons (Fsp3) is 0.471. The van der Waals surface area contributed by atoms with E-state index in [9.17, 15) is 8.42 Å². The first-order valence-corrected chi connectivity index (χ1v) is 10.3. The zero-order valence-corrected chi connectivity index (χ0v) is 16.2. The fourth-order valence-corrected chi connectivity index (χ4v) is 2.91. The van der Waals surface area contributed by atoms with E-state index in [4.69, 9.17) is 10.3 Å². The Hall–Kier alpha value is -2.46. The van der Waals surface area contributed by atoms with Gasteiger partial charge in [0, 0.05) is 13.0 Å². The van der Waals surface area contributed by atoms with E-state index in [1.807, 2.05) is 18.2 Å². The van der Waals surface area contributed by atoms with Crippen molar-refractivity contribution in [2.75, 3.05) is 17.6 Å². The van der Waals surface area contributed by atoms with Gasteiger partial charge in [0.2, 0.25) is 0 Å². The Labute approximate surface area is 159 Å². The van der Waals surface area contributed by atoms with Gasteiger partial charge in [-0.25, -0.2) is 4.28 Å². The molecule has 0 aliphatic rings. The molecular formula is C17H26N5O4S+. The maximum Gasteiger partial charge on any atom is 0.474 e. The predicted molar refractivity (Wildman–Crippen MR) is 101 cm³/mol. The monoisotopic (exact) mass is 396 g/mol. The second kappa shape index (κ2) is 10.0. The van der Waals surface area contributed by atoms with E-state index in [1.165, 1.54) is 5.56 Å². The van der Waals surface area contributed by atoms with Crippen LogP contribution in [0.25, 0.3) is 0 Å². The van der Waals surface area contributed by atoms with Crippen LogP contribution in [-0.2, 0) is 23.2 Å². The molecule has 0 unspecified atom stereocenters. The van der Waals surface area contributed by atoms with Crippen molar-refractivity contribution < 1.29 is 22.0 Å². The number of nitrogens with one attached hydrogen (secondary N) is 1. The highest BCUT2D eigenvalue weighted by Gasteiger charge is 2.23. The van der Waals surface area contributed by atoms with Gasteiger partial charge in [-0.15, -0.1) is 0 Å². The quantitative estimate of drug-likeness (QED) is 0.295. The van der Waals surface area contributed by atoms with Crippen LogP contribution in [-0.4, -0.2) is 29.5 Å². The van der Waals surface area contributed by atoms with Gasteiger partial charge in [-0.2, -0.15) is 8.42 Å². The molecule has 1 aromatic carbocycles. The topological polar surface area (TPSA) is 131 Å². The number of aryl methyl sites for hydroxylation is 2. The van der Waals surface area contributed by atoms with E-state index in [2.05, 4.69) is 38.6 Å². The van der Waals surface area contributed by atoms with Gasteiger partial charge in [0.15, 0.2) is 0 Å². The van der Waals surface area contributed by atoms with Crippen molar-refractivity contribution in [2.45, 2.75) is 45.4 Å². The minimum absolute atomic E-state index is 0.209. The standard InChI is InChI=1S/C17H25N5O4S/c1-2-3-5-12-15-20-17(21-16(18)22(15)26-27(23,24)25)19-13-8-11-14-9-6-4-7-10-14/h4,6-7,9-10H,2-3,5,8,11-13H2,1H3,(H3,18,19,21,23,24,25)/p+1. The van der Waals surface area contributed by atoms with Crippen molar-refractivity contribution in [2.24, 2.45) is 0 Å². The number of unbranched alkanes of at least 4 members (excludes halogenated alkanes) is 2. The lowest BCUT2D eigenvalue weighted by atomic mass is 10.1. The number of hydrogen-bond acceptors (Lipinski definition) is 7. The Kier molecular flexibility index (Phi) is 7.74. The number of nitrogens with zero attached hydrogens (tertiary/aromatic N) is 3. The summed E-state index contributed by atoms with van der Waals surface area (Å²) in [6.45, 7) is 2.68. The zero-order valence-electron chi connectivity index (χ0n) is 15.3. The SMILES string of the molecule is CCCCCc1nc(NCCCc2ccccc2)nc(N)[n+]1OS(=O)(=O)O. The normalized spacial score (nSPS) is 11.3. The average molecular weight is 396 g/mol. The van der Waals surface area contributed by atoms with Crippen molar-refractivity contribution in [3.63, 3.8) is 0 Å². The van der Waals surface area contributed by atoms with Crippen LogP contribution in [0.5, 0.6) is 0 Å². The Morgan fingerprint density at radius 3 is 2.56 bits per heavy atom. The molecule has 0 aliphatic carbocycles. The molecule has 27 heavy (non-hydrogen) atoms. The molecule has 4 N–H and O–H groups in total. The number of aromatic nitrogens is 3. The summed E-state index contributed by atoms with van der Waals surface area (Å²) in [4.78, 5) is 8.30. The Morgan fingerprint density at radius 2 is 1.89 bits per heavy atom. The fourth-order valence-electron chi connectivity index (χ4n) is 2.56. The second-order valence-corrected chi connectivity index (χ2v) is 7.10. The molecule has 148 valence electrons. The van der Waals surface area contributed by atoms with Crippen LogP contribution < -0.4 is 20.1 Å². The van der Waals surface area contributed by atoms with Gasteiger partial charge in [-0.05, 0) is 29.6 Å². The third-order valence-electron chi connectivity index (χ3n) is 3.84. The Morgan fingerprint density at radius 1 is 1.15 bits per heavy atom. The van der Waals surface area contributed by atoms with Crippen LogP contribution in [0.15, 0.2) is 30.3 Å². The molecule has 9 nitrogen and oxygen atoms in total. The number of anilines is 2. The van der Waals surface area contributed by atoms with Gasteiger partial charge in [0.05, 0.1) is 0 Å². The van der Waals surface area contributed by atoms with Gasteiger partial charge < -0.3 is 11.1 Å². The van der Waals surface area contributed by atoms with Crippen LogP contribution in [0.4, 0.5) is 11.9 Å². The third kappa shape index (κ3) is 7.35. The summed E-state index contributed by atoms with van der Waals surface area (Å²) < 4.78 is 36.3. The van der Waals surface area contributed by atoms with E-state index in [1.54, 1.807) is 0 Å². The number of rotatable bonds is 11. The highest BCUT2D eigenvalue weighted by Crippen LogP contribution is 2.07. The van der Waals surface area contributed by atoms with Crippen molar-refractivity contribution in [3.05, 3.63) is 41.7 Å². The first kappa shape index (κ1) is 20.8. The maximum absolute atomic E-state index is 11.1. The highest BCUT2D eigenvalue weighted by atomic mass is 32.3. The zero-order chi connectivity index (χ0) is 19.7. The third-order valence-corrected chi connectivity index (χ3v) is 4.18. The maximum atomic E-state index is 11.1. The summed E-state index contributed by atoms with van der Waals surface area (Å²) >= 11 is 0. The van der Waals surface area contributed by atoms with Crippen LogP contribution in [0.3, 0.4) is 0 Å². The van der Waals surface area contributed by atoms with E-state index < -0.39 is 10.4 Å². The van der Waals surface area contributed by atoms with Crippen LogP contribution in [0.2, 0.25) is 0 Å². The first-order chi connectivity index (χ1) is 12.9. The summed E-state index contributed by atoms with van der Waals surface area (Å²) in [7, 11) is -4.73. The molecule has 0 radical (unpaired) electrons. The number of benzene rings is 1. The second-order valence-electron chi connectivity index (χ2n) is 6.09. The van der Waals surface area contributed by atoms with Crippen LogP contribution >= 0.6 is 0 Å². The van der Waals surface area contributed by atoms with Crippen LogP contribution in [0, 0.1) is 0 Å². The van der Waals surface area contributed by atoms with Gasteiger partial charge >= 0.3 is 22.3 Å². The highest BCUT2D eigenvalue weighted by molar-refractivity contribution is 7.80. The van der Waals surface area contributed by atoms with Crippen LogP contribution in [0.1, 0.15) is 44.0 Å². The van der Waals surface area contributed by atoms with Crippen molar-refractivity contribution in [1.82, 2.24) is 9.97 Å². The Bertz CT molecular complexity index is 831. The minimum Gasteiger partial charge on any atom is -0.333 e. The molecule has 2 aromatic rings. The predicted octanol–water partition coefficient (Wildman–Crippen LogP) is 1.36. The number of hydrogen-bond donors (Lipinski definition) is 3. The molecule has 0 aliphatic heterocycles. The molecule has 2 rings (SSSR count). The molecule has 0 fully saturated rings. The summed E-state index contributed by atoms with van der Waals surface area (Å²) in [6, 6.07) is 10.1. The smallest absolute Gasteiger partial charge is 0.333 e. The van der Waals surface area contributed by atoms with E-state index in [0.717, 1.165) is 36.8 Å². The van der Waals surface area contributed by atoms with Gasteiger partial charge in [0.25, 0.3) is 5.82 Å². The van der Waals surface area contributed by atoms with E-state index >= 15 is 0 Å². The molecule has 0 saturated carbocycles. The number of nitrogen functional groups attached to an aromatic ring is 1.